The van der Waals surface area contributed by atoms with E-state index in [4.69, 9.17) is 16.3 Å². The number of thiophene rings is 1. The van der Waals surface area contributed by atoms with Gasteiger partial charge in [-0.15, -0.1) is 11.3 Å². The first-order chi connectivity index (χ1) is 9.95. The van der Waals surface area contributed by atoms with Gasteiger partial charge in [-0.3, -0.25) is 4.90 Å². The van der Waals surface area contributed by atoms with Crippen molar-refractivity contribution in [3.05, 3.63) is 14.9 Å². The molecule has 120 valence electrons. The average molecular weight is 418 g/mol. The van der Waals surface area contributed by atoms with Gasteiger partial charge in [-0.25, -0.2) is 8.42 Å². The molecule has 1 aromatic rings. The maximum Gasteiger partial charge on any atom is 0.252 e. The van der Waals surface area contributed by atoms with E-state index in [9.17, 15) is 8.42 Å². The van der Waals surface area contributed by atoms with Crippen LogP contribution in [0.25, 0.3) is 0 Å². The van der Waals surface area contributed by atoms with E-state index in [1.54, 1.807) is 11.4 Å². The van der Waals surface area contributed by atoms with E-state index in [1.807, 2.05) is 0 Å². The molecule has 1 saturated heterocycles. The molecule has 0 atom stereocenters. The van der Waals surface area contributed by atoms with Crippen LogP contribution in [0.5, 0.6) is 0 Å². The Bertz CT molecular complexity index is 560. The Morgan fingerprint density at radius 1 is 1.38 bits per heavy atom. The fourth-order valence-electron chi connectivity index (χ4n) is 2.21. The van der Waals surface area contributed by atoms with E-state index >= 15 is 0 Å². The molecule has 0 radical (unpaired) electrons. The van der Waals surface area contributed by atoms with Crippen molar-refractivity contribution in [2.24, 2.45) is 0 Å². The quantitative estimate of drug-likeness (QED) is 0.738. The van der Waals surface area contributed by atoms with Gasteiger partial charge in [0.15, 0.2) is 0 Å². The minimum Gasteiger partial charge on any atom is -0.383 e. The van der Waals surface area contributed by atoms with Crippen LogP contribution in [0, 0.1) is 0 Å². The summed E-state index contributed by atoms with van der Waals surface area (Å²) >= 11 is 10.4. The first-order valence-corrected chi connectivity index (χ1v) is 10.0. The molecule has 0 spiro atoms. The van der Waals surface area contributed by atoms with Crippen LogP contribution in [-0.4, -0.2) is 64.1 Å². The summed E-state index contributed by atoms with van der Waals surface area (Å²) < 4.78 is 32.9. The number of ether oxygens (including phenoxy) is 1. The lowest BCUT2D eigenvalue weighted by molar-refractivity contribution is 0.151. The Kier molecular flexibility index (Phi) is 6.49. The van der Waals surface area contributed by atoms with Gasteiger partial charge < -0.3 is 4.74 Å². The molecule has 0 unspecified atom stereocenters. The Morgan fingerprint density at radius 3 is 2.76 bits per heavy atom. The molecule has 1 aliphatic heterocycles. The van der Waals surface area contributed by atoms with Crippen LogP contribution < -0.4 is 0 Å². The van der Waals surface area contributed by atoms with E-state index in [0.717, 1.165) is 37.4 Å². The minimum atomic E-state index is -3.45. The number of sulfonamides is 1. The SMILES string of the molecule is COCCN1CCCN(S(=O)(=O)c2cc(Cl)c(Br)s2)CC1. The summed E-state index contributed by atoms with van der Waals surface area (Å²) in [6.07, 6.45) is 0.823. The standard InChI is InChI=1S/C12H18BrClN2O3S2/c1-19-8-7-15-3-2-4-16(6-5-15)21(17,18)11-9-10(14)12(13)20-11/h9H,2-8H2,1H3. The first kappa shape index (κ1) is 17.7. The highest BCUT2D eigenvalue weighted by Gasteiger charge is 2.28. The number of nitrogens with zero attached hydrogens (tertiary/aromatic N) is 2. The second-order valence-corrected chi connectivity index (χ2v) is 9.72. The fourth-order valence-corrected chi connectivity index (χ4v) is 6.24. The third-order valence-corrected chi connectivity index (χ3v) is 8.20. The van der Waals surface area contributed by atoms with Crippen LogP contribution in [0.3, 0.4) is 0 Å². The predicted molar refractivity (Wildman–Crippen MR) is 88.7 cm³/mol. The highest BCUT2D eigenvalue weighted by molar-refractivity contribution is 9.11. The lowest BCUT2D eigenvalue weighted by atomic mass is 10.4. The van der Waals surface area contributed by atoms with Crippen LogP contribution in [0.2, 0.25) is 5.02 Å². The van der Waals surface area contributed by atoms with Crippen molar-refractivity contribution in [2.45, 2.75) is 10.6 Å². The summed E-state index contributed by atoms with van der Waals surface area (Å²) in [4.78, 5) is 2.23. The number of methoxy groups -OCH3 is 1. The Labute approximate surface area is 143 Å². The van der Waals surface area contributed by atoms with Crippen LogP contribution in [0.1, 0.15) is 6.42 Å². The van der Waals surface area contributed by atoms with Gasteiger partial charge in [0.05, 0.1) is 15.4 Å². The van der Waals surface area contributed by atoms with Crippen LogP contribution >= 0.6 is 38.9 Å². The molecule has 0 amide bonds. The Hall–Kier alpha value is 0.300. The van der Waals surface area contributed by atoms with Gasteiger partial charge in [0.2, 0.25) is 0 Å². The Balaban J connectivity index is 2.07. The summed E-state index contributed by atoms with van der Waals surface area (Å²) in [5, 5.41) is 0.440. The highest BCUT2D eigenvalue weighted by atomic mass is 79.9. The molecular weight excluding hydrogens is 400 g/mol. The second kappa shape index (κ2) is 7.72. The molecule has 0 bridgehead atoms. The lowest BCUT2D eigenvalue weighted by Crippen LogP contribution is -2.35. The average Bonchev–Trinajstić information content (AvgIpc) is 2.67. The van der Waals surface area contributed by atoms with Crippen molar-refractivity contribution >= 4 is 48.9 Å². The summed E-state index contributed by atoms with van der Waals surface area (Å²) in [5.41, 5.74) is 0. The number of rotatable bonds is 5. The lowest BCUT2D eigenvalue weighted by Gasteiger charge is -2.20. The summed E-state index contributed by atoms with van der Waals surface area (Å²) in [6.45, 7) is 4.16. The number of hydrogen-bond donors (Lipinski definition) is 0. The fraction of sp³-hybridized carbons (Fsp3) is 0.667. The largest absolute Gasteiger partial charge is 0.383 e. The Morgan fingerprint density at radius 2 is 2.14 bits per heavy atom. The third kappa shape index (κ3) is 4.40. The summed E-state index contributed by atoms with van der Waals surface area (Å²) in [7, 11) is -1.78. The topological polar surface area (TPSA) is 49.9 Å². The van der Waals surface area contributed by atoms with Crippen molar-refractivity contribution < 1.29 is 13.2 Å². The highest BCUT2D eigenvalue weighted by Crippen LogP contribution is 2.36. The molecule has 0 saturated carbocycles. The van der Waals surface area contributed by atoms with Gasteiger partial charge in [0.25, 0.3) is 10.0 Å². The molecule has 2 rings (SSSR count). The van der Waals surface area contributed by atoms with Gasteiger partial charge in [-0.2, -0.15) is 4.31 Å². The summed E-state index contributed by atoms with van der Waals surface area (Å²) in [6, 6.07) is 1.51. The van der Waals surface area contributed by atoms with Crippen molar-refractivity contribution in [1.29, 1.82) is 0 Å². The molecule has 0 N–H and O–H groups in total. The van der Waals surface area contributed by atoms with Crippen molar-refractivity contribution in [2.75, 3.05) is 46.4 Å². The zero-order valence-electron chi connectivity index (χ0n) is 11.7. The molecule has 0 aromatic carbocycles. The summed E-state index contributed by atoms with van der Waals surface area (Å²) in [5.74, 6) is 0. The van der Waals surface area contributed by atoms with Crippen LogP contribution in [-0.2, 0) is 14.8 Å². The van der Waals surface area contributed by atoms with Crippen molar-refractivity contribution in [3.8, 4) is 0 Å². The molecule has 1 aromatic heterocycles. The molecule has 5 nitrogen and oxygen atoms in total. The molecule has 0 aliphatic carbocycles. The van der Waals surface area contributed by atoms with Gasteiger partial charge >= 0.3 is 0 Å². The monoisotopic (exact) mass is 416 g/mol. The number of hydrogen-bond acceptors (Lipinski definition) is 5. The molecule has 2 heterocycles. The predicted octanol–water partition coefficient (Wildman–Crippen LogP) is 2.51. The maximum atomic E-state index is 12.6. The first-order valence-electron chi connectivity index (χ1n) is 6.61. The maximum absolute atomic E-state index is 12.6. The van der Waals surface area contributed by atoms with E-state index in [2.05, 4.69) is 20.8 Å². The van der Waals surface area contributed by atoms with Crippen molar-refractivity contribution in [3.63, 3.8) is 0 Å². The van der Waals surface area contributed by atoms with E-state index < -0.39 is 10.0 Å². The normalized spacial score (nSPS) is 18.8. The molecule has 1 fully saturated rings. The van der Waals surface area contributed by atoms with Gasteiger partial charge in [-0.1, -0.05) is 11.6 Å². The van der Waals surface area contributed by atoms with Gasteiger partial charge in [0.1, 0.15) is 4.21 Å². The minimum absolute atomic E-state index is 0.296. The van der Waals surface area contributed by atoms with Gasteiger partial charge in [0, 0.05) is 33.3 Å². The molecule has 21 heavy (non-hydrogen) atoms. The number of halogens is 2. The van der Waals surface area contributed by atoms with Crippen LogP contribution in [0.15, 0.2) is 14.1 Å². The molecule has 9 heteroatoms. The zero-order valence-corrected chi connectivity index (χ0v) is 15.7. The zero-order chi connectivity index (χ0) is 15.5. The van der Waals surface area contributed by atoms with Crippen LogP contribution in [0.4, 0.5) is 0 Å². The molecule has 1 aliphatic rings. The smallest absolute Gasteiger partial charge is 0.252 e. The molecular formula is C12H18BrClN2O3S2. The second-order valence-electron chi connectivity index (χ2n) is 4.78. The van der Waals surface area contributed by atoms with Crippen molar-refractivity contribution in [1.82, 2.24) is 9.21 Å². The van der Waals surface area contributed by atoms with Gasteiger partial charge in [-0.05, 0) is 35.0 Å². The van der Waals surface area contributed by atoms with E-state index in [1.165, 1.54) is 6.07 Å². The third-order valence-electron chi connectivity index (χ3n) is 3.38. The van der Waals surface area contributed by atoms with E-state index in [0.29, 0.717) is 32.7 Å². The van der Waals surface area contributed by atoms with E-state index in [-0.39, 0.29) is 0 Å².